The Morgan fingerprint density at radius 2 is 2.05 bits per heavy atom. The highest BCUT2D eigenvalue weighted by molar-refractivity contribution is 7.91. The van der Waals surface area contributed by atoms with Crippen LogP contribution in [0.25, 0.3) is 0 Å². The molecule has 0 bridgehead atoms. The number of sulfonamides is 1. The second kappa shape index (κ2) is 6.02. The molecule has 7 heteroatoms. The minimum atomic E-state index is -3.55. The van der Waals surface area contributed by atoms with Gasteiger partial charge < -0.3 is 5.11 Å². The van der Waals surface area contributed by atoms with E-state index in [2.05, 4.69) is 4.72 Å². The topological polar surface area (TPSA) is 66.4 Å². The zero-order valence-electron chi connectivity index (χ0n) is 9.84. The summed E-state index contributed by atoms with van der Waals surface area (Å²) in [7, 11) is -3.55. The summed E-state index contributed by atoms with van der Waals surface area (Å²) >= 11 is 6.88. The molecule has 0 aliphatic heterocycles. The van der Waals surface area contributed by atoms with Gasteiger partial charge in [-0.1, -0.05) is 23.7 Å². The van der Waals surface area contributed by atoms with Crippen molar-refractivity contribution >= 4 is 33.0 Å². The maximum absolute atomic E-state index is 12.0. The molecule has 2 aromatic rings. The molecule has 1 aromatic carbocycles. The van der Waals surface area contributed by atoms with Crippen LogP contribution in [-0.2, 0) is 23.2 Å². The minimum Gasteiger partial charge on any atom is -0.391 e. The molecule has 0 aliphatic carbocycles. The first-order chi connectivity index (χ1) is 9.01. The Balaban J connectivity index is 2.09. The number of aliphatic hydroxyl groups excluding tert-OH is 1. The molecule has 1 heterocycles. The number of aliphatic hydroxyl groups is 1. The summed E-state index contributed by atoms with van der Waals surface area (Å²) in [4.78, 5) is 0.614. The summed E-state index contributed by atoms with van der Waals surface area (Å²) in [5, 5.41) is 9.50. The number of rotatable bonds is 5. The van der Waals surface area contributed by atoms with Gasteiger partial charge in [0.1, 0.15) is 4.21 Å². The van der Waals surface area contributed by atoms with Crippen molar-refractivity contribution in [1.29, 1.82) is 0 Å². The fraction of sp³-hybridized carbons (Fsp3) is 0.167. The molecule has 2 N–H and O–H groups in total. The first-order valence-corrected chi connectivity index (χ1v) is 8.13. The maximum Gasteiger partial charge on any atom is 0.250 e. The Hall–Kier alpha value is -0.920. The maximum atomic E-state index is 12.0. The highest BCUT2D eigenvalue weighted by Gasteiger charge is 2.16. The van der Waals surface area contributed by atoms with E-state index in [0.29, 0.717) is 9.90 Å². The van der Waals surface area contributed by atoms with Gasteiger partial charge >= 0.3 is 0 Å². The van der Waals surface area contributed by atoms with Gasteiger partial charge in [0.2, 0.25) is 10.0 Å². The largest absolute Gasteiger partial charge is 0.391 e. The van der Waals surface area contributed by atoms with Crippen molar-refractivity contribution in [2.24, 2.45) is 0 Å². The van der Waals surface area contributed by atoms with Gasteiger partial charge in [-0.2, -0.15) is 0 Å². The Labute approximate surface area is 120 Å². The lowest BCUT2D eigenvalue weighted by atomic mass is 10.2. The summed E-state index contributed by atoms with van der Waals surface area (Å²) in [6, 6.07) is 10.1. The van der Waals surface area contributed by atoms with Gasteiger partial charge in [0.05, 0.1) is 6.61 Å². The molecule has 102 valence electrons. The predicted octanol–water partition coefficient (Wildman–Crippen LogP) is 2.37. The van der Waals surface area contributed by atoms with E-state index in [4.69, 9.17) is 16.7 Å². The molecule has 0 spiro atoms. The van der Waals surface area contributed by atoms with Crippen LogP contribution in [-0.4, -0.2) is 13.5 Å². The van der Waals surface area contributed by atoms with Crippen LogP contribution in [0.3, 0.4) is 0 Å². The number of hydrogen-bond donors (Lipinski definition) is 2. The zero-order valence-corrected chi connectivity index (χ0v) is 12.2. The first-order valence-electron chi connectivity index (χ1n) is 5.45. The van der Waals surface area contributed by atoms with Gasteiger partial charge in [-0.15, -0.1) is 11.3 Å². The van der Waals surface area contributed by atoms with Crippen LogP contribution < -0.4 is 4.72 Å². The smallest absolute Gasteiger partial charge is 0.250 e. The Kier molecular flexibility index (Phi) is 4.59. The second-order valence-electron chi connectivity index (χ2n) is 3.83. The molecule has 4 nitrogen and oxygen atoms in total. The van der Waals surface area contributed by atoms with Crippen molar-refractivity contribution in [3.8, 4) is 0 Å². The fourth-order valence-corrected chi connectivity index (χ4v) is 3.97. The second-order valence-corrected chi connectivity index (χ2v) is 7.43. The van der Waals surface area contributed by atoms with Crippen LogP contribution in [0.2, 0.25) is 5.02 Å². The third kappa shape index (κ3) is 3.77. The van der Waals surface area contributed by atoms with Crippen LogP contribution in [0.15, 0.2) is 40.6 Å². The van der Waals surface area contributed by atoms with Gasteiger partial charge in [0, 0.05) is 16.4 Å². The fourth-order valence-electron chi connectivity index (χ4n) is 1.48. The average molecular weight is 318 g/mol. The molecule has 19 heavy (non-hydrogen) atoms. The minimum absolute atomic E-state index is 0.158. The van der Waals surface area contributed by atoms with Crippen molar-refractivity contribution in [2.75, 3.05) is 0 Å². The molecule has 0 radical (unpaired) electrons. The van der Waals surface area contributed by atoms with Crippen LogP contribution >= 0.6 is 22.9 Å². The van der Waals surface area contributed by atoms with Crippen molar-refractivity contribution in [3.63, 3.8) is 0 Å². The molecular formula is C12H12ClNO3S2. The average Bonchev–Trinajstić information content (AvgIpc) is 2.86. The van der Waals surface area contributed by atoms with Crippen molar-refractivity contribution in [1.82, 2.24) is 4.72 Å². The standard InChI is InChI=1S/C12H12ClNO3S2/c13-10-3-1-2-9(6-10)7-14-19(16,17)12-5-4-11(8-15)18-12/h1-6,14-15H,7-8H2. The van der Waals surface area contributed by atoms with E-state index in [9.17, 15) is 8.42 Å². The summed E-state index contributed by atoms with van der Waals surface area (Å²) in [6.45, 7) is 0.0176. The molecule has 0 fully saturated rings. The first kappa shape index (κ1) is 14.5. The molecule has 0 unspecified atom stereocenters. The SMILES string of the molecule is O=S(=O)(NCc1cccc(Cl)c1)c1ccc(CO)s1. The van der Waals surface area contributed by atoms with Gasteiger partial charge in [-0.25, -0.2) is 13.1 Å². The van der Waals surface area contributed by atoms with E-state index in [-0.39, 0.29) is 17.4 Å². The number of hydrogen-bond acceptors (Lipinski definition) is 4. The highest BCUT2D eigenvalue weighted by Crippen LogP contribution is 2.21. The van der Waals surface area contributed by atoms with E-state index >= 15 is 0 Å². The van der Waals surface area contributed by atoms with Gasteiger partial charge in [-0.05, 0) is 29.8 Å². The summed E-state index contributed by atoms with van der Waals surface area (Å²) in [5.41, 5.74) is 0.787. The lowest BCUT2D eigenvalue weighted by Gasteiger charge is -2.05. The molecule has 1 aromatic heterocycles. The molecule has 2 rings (SSSR count). The molecule has 0 saturated heterocycles. The third-order valence-electron chi connectivity index (χ3n) is 2.41. The van der Waals surface area contributed by atoms with Crippen molar-refractivity contribution in [2.45, 2.75) is 17.4 Å². The molecule has 0 amide bonds. The number of thiophene rings is 1. The normalized spacial score (nSPS) is 11.7. The van der Waals surface area contributed by atoms with Gasteiger partial charge in [0.15, 0.2) is 0 Å². The number of nitrogens with one attached hydrogen (secondary N) is 1. The van der Waals surface area contributed by atoms with E-state index in [1.165, 1.54) is 6.07 Å². The Bertz CT molecular complexity index is 667. The number of benzene rings is 1. The van der Waals surface area contributed by atoms with E-state index in [0.717, 1.165) is 16.9 Å². The summed E-state index contributed by atoms with van der Waals surface area (Å²) in [6.07, 6.45) is 0. The van der Waals surface area contributed by atoms with Crippen molar-refractivity contribution < 1.29 is 13.5 Å². The lowest BCUT2D eigenvalue weighted by Crippen LogP contribution is -2.22. The van der Waals surface area contributed by atoms with E-state index in [1.54, 1.807) is 30.3 Å². The quantitative estimate of drug-likeness (QED) is 0.889. The number of halogens is 1. The van der Waals surface area contributed by atoms with E-state index in [1.807, 2.05) is 0 Å². The summed E-state index contributed by atoms with van der Waals surface area (Å²) < 4.78 is 26.7. The molecule has 0 atom stereocenters. The predicted molar refractivity (Wildman–Crippen MR) is 75.7 cm³/mol. The Morgan fingerprint density at radius 3 is 2.68 bits per heavy atom. The monoisotopic (exact) mass is 317 g/mol. The highest BCUT2D eigenvalue weighted by atomic mass is 35.5. The van der Waals surface area contributed by atoms with Crippen LogP contribution in [0.5, 0.6) is 0 Å². The third-order valence-corrected chi connectivity index (χ3v) is 5.61. The summed E-state index contributed by atoms with van der Waals surface area (Å²) in [5.74, 6) is 0. The lowest BCUT2D eigenvalue weighted by molar-refractivity contribution is 0.285. The van der Waals surface area contributed by atoms with E-state index < -0.39 is 10.0 Å². The molecular weight excluding hydrogens is 306 g/mol. The molecule has 0 aliphatic rings. The van der Waals surface area contributed by atoms with Crippen LogP contribution in [0.1, 0.15) is 10.4 Å². The van der Waals surface area contributed by atoms with Crippen LogP contribution in [0, 0.1) is 0 Å². The zero-order chi connectivity index (χ0) is 13.9. The van der Waals surface area contributed by atoms with Crippen molar-refractivity contribution in [3.05, 3.63) is 51.9 Å². The van der Waals surface area contributed by atoms with Gasteiger partial charge in [-0.3, -0.25) is 0 Å². The molecule has 0 saturated carbocycles. The van der Waals surface area contributed by atoms with Crippen LogP contribution in [0.4, 0.5) is 0 Å². The van der Waals surface area contributed by atoms with Gasteiger partial charge in [0.25, 0.3) is 0 Å². The Morgan fingerprint density at radius 1 is 1.26 bits per heavy atom.